The molecule has 1 aromatic carbocycles. The van der Waals surface area contributed by atoms with Gasteiger partial charge in [-0.3, -0.25) is 4.90 Å². The van der Waals surface area contributed by atoms with E-state index in [0.29, 0.717) is 12.2 Å². The molecule has 5 rings (SSSR count). The van der Waals surface area contributed by atoms with Crippen molar-refractivity contribution in [2.45, 2.75) is 41.8 Å². The molecule has 6 heteroatoms. The molecule has 140 valence electrons. The molecule has 2 aliphatic carbocycles. The van der Waals surface area contributed by atoms with Crippen LogP contribution in [0.2, 0.25) is 0 Å². The Balaban J connectivity index is 1.89. The van der Waals surface area contributed by atoms with Crippen LogP contribution < -0.4 is 9.47 Å². The predicted molar refractivity (Wildman–Crippen MR) is 94.7 cm³/mol. The van der Waals surface area contributed by atoms with Crippen LogP contribution in [-0.4, -0.2) is 68.5 Å². The third-order valence-electron chi connectivity index (χ3n) is 7.24. The van der Waals surface area contributed by atoms with Crippen molar-refractivity contribution >= 4 is 0 Å². The van der Waals surface area contributed by atoms with Crippen LogP contribution in [0.4, 0.5) is 0 Å². The van der Waals surface area contributed by atoms with Crippen molar-refractivity contribution in [2.75, 3.05) is 34.9 Å². The van der Waals surface area contributed by atoms with Gasteiger partial charge in [0, 0.05) is 26.2 Å². The van der Waals surface area contributed by atoms with E-state index < -0.39 is 28.9 Å². The van der Waals surface area contributed by atoms with E-state index in [1.807, 2.05) is 12.1 Å². The number of likely N-dealkylation sites (tertiary alicyclic amines) is 1. The third-order valence-corrected chi connectivity index (χ3v) is 7.24. The van der Waals surface area contributed by atoms with E-state index in [-0.39, 0.29) is 0 Å². The van der Waals surface area contributed by atoms with Crippen molar-refractivity contribution in [3.8, 4) is 11.5 Å². The maximum absolute atomic E-state index is 11.3. The first-order valence-corrected chi connectivity index (χ1v) is 9.07. The van der Waals surface area contributed by atoms with Gasteiger partial charge in [0.25, 0.3) is 0 Å². The van der Waals surface area contributed by atoms with Gasteiger partial charge in [0.1, 0.15) is 0 Å². The van der Waals surface area contributed by atoms with Gasteiger partial charge in [0.2, 0.25) is 5.79 Å². The van der Waals surface area contributed by atoms with Gasteiger partial charge in [-0.2, -0.15) is 0 Å². The summed E-state index contributed by atoms with van der Waals surface area (Å²) in [5, 5.41) is 11.3. The molecule has 26 heavy (non-hydrogen) atoms. The van der Waals surface area contributed by atoms with E-state index >= 15 is 0 Å². The Kier molecular flexibility index (Phi) is 3.19. The van der Waals surface area contributed by atoms with Gasteiger partial charge in [-0.25, -0.2) is 0 Å². The van der Waals surface area contributed by atoms with Crippen LogP contribution in [0, 0.1) is 0 Å². The average Bonchev–Trinajstić information content (AvgIpc) is 3.18. The number of methoxy groups -OCH3 is 3. The lowest BCUT2D eigenvalue weighted by molar-refractivity contribution is -0.244. The molecule has 0 saturated carbocycles. The van der Waals surface area contributed by atoms with Crippen molar-refractivity contribution in [2.24, 2.45) is 0 Å². The Bertz CT molecular complexity index is 804. The molecule has 2 aliphatic heterocycles. The number of likely N-dealkylation sites (N-methyl/N-ethyl adjacent to an activating group) is 1. The molecule has 4 aliphatic rings. The number of nitrogens with zero attached hydrogens (tertiary/aromatic N) is 1. The molecule has 1 N–H and O–H groups in total. The highest BCUT2D eigenvalue weighted by atomic mass is 16.7. The highest BCUT2D eigenvalue weighted by Gasteiger charge is 2.76. The zero-order chi connectivity index (χ0) is 18.3. The minimum atomic E-state index is -1.01. The minimum absolute atomic E-state index is 0.403. The lowest BCUT2D eigenvalue weighted by Crippen LogP contribution is -2.73. The van der Waals surface area contributed by atoms with Crippen molar-refractivity contribution in [3.05, 3.63) is 35.4 Å². The minimum Gasteiger partial charge on any atom is -0.493 e. The standard InChI is InChI=1S/C20H25NO5/c1-21-10-9-18-15-12-5-6-13(23-2)16(15)26-17(18)20(24-3,25-4)8-7-19(18,21)14(22)11-12/h5-8,14,17,22H,9-11H2,1-4H3. The summed E-state index contributed by atoms with van der Waals surface area (Å²) < 4.78 is 23.9. The fraction of sp³-hybridized carbons (Fsp3) is 0.600. The number of rotatable bonds is 3. The van der Waals surface area contributed by atoms with Crippen molar-refractivity contribution in [1.82, 2.24) is 4.90 Å². The first-order valence-electron chi connectivity index (χ1n) is 9.07. The second-order valence-corrected chi connectivity index (χ2v) is 7.78. The third kappa shape index (κ3) is 1.47. The van der Waals surface area contributed by atoms with Gasteiger partial charge in [0.15, 0.2) is 17.6 Å². The summed E-state index contributed by atoms with van der Waals surface area (Å²) in [6.45, 7) is 0.862. The SMILES string of the molecule is COc1ccc2c3c1OC1C(OC)(OC)C=CC4(C(O)C2)N(C)CCC314. The molecular weight excluding hydrogens is 334 g/mol. The normalized spacial score (nSPS) is 38.7. The van der Waals surface area contributed by atoms with Crippen LogP contribution >= 0.6 is 0 Å². The second kappa shape index (κ2) is 5.01. The Hall–Kier alpha value is -1.60. The maximum Gasteiger partial charge on any atom is 0.226 e. The molecule has 1 fully saturated rings. The van der Waals surface area contributed by atoms with Gasteiger partial charge in [-0.15, -0.1) is 0 Å². The number of hydrogen-bond donors (Lipinski definition) is 1. The lowest BCUT2D eigenvalue weighted by atomic mass is 9.52. The van der Waals surface area contributed by atoms with E-state index in [4.69, 9.17) is 18.9 Å². The molecule has 1 saturated heterocycles. The van der Waals surface area contributed by atoms with Gasteiger partial charge in [-0.1, -0.05) is 12.1 Å². The van der Waals surface area contributed by atoms with E-state index in [0.717, 1.165) is 29.8 Å². The van der Waals surface area contributed by atoms with E-state index in [1.165, 1.54) is 0 Å². The van der Waals surface area contributed by atoms with Crippen molar-refractivity contribution < 1.29 is 24.1 Å². The summed E-state index contributed by atoms with van der Waals surface area (Å²) in [6.07, 6.45) is 4.53. The van der Waals surface area contributed by atoms with Crippen LogP contribution in [-0.2, 0) is 21.3 Å². The first-order chi connectivity index (χ1) is 12.5. The summed E-state index contributed by atoms with van der Waals surface area (Å²) in [6, 6.07) is 3.98. The van der Waals surface area contributed by atoms with Crippen LogP contribution in [0.15, 0.2) is 24.3 Å². The molecular formula is C20H25NO5. The fourth-order valence-electron chi connectivity index (χ4n) is 6.12. The lowest BCUT2D eigenvalue weighted by Gasteiger charge is -2.57. The number of benzene rings is 1. The predicted octanol–water partition coefficient (Wildman–Crippen LogP) is 1.24. The number of aliphatic hydroxyl groups excluding tert-OH is 1. The molecule has 6 nitrogen and oxygen atoms in total. The summed E-state index contributed by atoms with van der Waals surface area (Å²) in [5.74, 6) is 0.477. The van der Waals surface area contributed by atoms with Crippen LogP contribution in [0.1, 0.15) is 17.5 Å². The van der Waals surface area contributed by atoms with E-state index in [9.17, 15) is 5.11 Å². The Labute approximate surface area is 153 Å². The van der Waals surface area contributed by atoms with Crippen LogP contribution in [0.3, 0.4) is 0 Å². The largest absolute Gasteiger partial charge is 0.493 e. The molecule has 2 heterocycles. The summed E-state index contributed by atoms with van der Waals surface area (Å²) in [7, 11) is 7.01. The first kappa shape index (κ1) is 16.6. The fourth-order valence-corrected chi connectivity index (χ4v) is 6.12. The molecule has 4 unspecified atom stereocenters. The quantitative estimate of drug-likeness (QED) is 0.647. The molecule has 0 bridgehead atoms. The zero-order valence-corrected chi connectivity index (χ0v) is 15.6. The summed E-state index contributed by atoms with van der Waals surface area (Å²) in [5.41, 5.74) is 1.29. The zero-order valence-electron chi connectivity index (χ0n) is 15.6. The van der Waals surface area contributed by atoms with Crippen LogP contribution in [0.5, 0.6) is 11.5 Å². The highest BCUT2D eigenvalue weighted by molar-refractivity contribution is 5.65. The van der Waals surface area contributed by atoms with Gasteiger partial charge in [-0.05, 0) is 37.7 Å². The molecule has 4 atom stereocenters. The number of hydrogen-bond acceptors (Lipinski definition) is 6. The van der Waals surface area contributed by atoms with E-state index in [1.54, 1.807) is 21.3 Å². The second-order valence-electron chi connectivity index (χ2n) is 7.78. The highest BCUT2D eigenvalue weighted by Crippen LogP contribution is 2.67. The van der Waals surface area contributed by atoms with Gasteiger partial charge < -0.3 is 24.1 Å². The van der Waals surface area contributed by atoms with Gasteiger partial charge >= 0.3 is 0 Å². The molecule has 0 amide bonds. The smallest absolute Gasteiger partial charge is 0.226 e. The maximum atomic E-state index is 11.3. The van der Waals surface area contributed by atoms with Crippen molar-refractivity contribution in [3.63, 3.8) is 0 Å². The number of ether oxygens (including phenoxy) is 4. The Morgan fingerprint density at radius 1 is 1.19 bits per heavy atom. The average molecular weight is 359 g/mol. The van der Waals surface area contributed by atoms with E-state index in [2.05, 4.69) is 24.1 Å². The molecule has 0 radical (unpaired) electrons. The van der Waals surface area contributed by atoms with Crippen LogP contribution in [0.25, 0.3) is 0 Å². The monoisotopic (exact) mass is 359 g/mol. The number of aliphatic hydroxyl groups is 1. The summed E-state index contributed by atoms with van der Waals surface area (Å²) in [4.78, 5) is 2.26. The molecule has 1 spiro atoms. The Morgan fingerprint density at radius 2 is 1.96 bits per heavy atom. The topological polar surface area (TPSA) is 60.4 Å². The summed E-state index contributed by atoms with van der Waals surface area (Å²) >= 11 is 0. The van der Waals surface area contributed by atoms with Gasteiger partial charge in [0.05, 0.1) is 24.2 Å². The Morgan fingerprint density at radius 3 is 2.65 bits per heavy atom. The molecule has 1 aromatic rings. The molecule has 0 aromatic heterocycles. The van der Waals surface area contributed by atoms with Crippen molar-refractivity contribution in [1.29, 1.82) is 0 Å².